The van der Waals surface area contributed by atoms with E-state index < -0.39 is 11.9 Å². The smallest absolute Gasteiger partial charge is 0.337 e. The summed E-state index contributed by atoms with van der Waals surface area (Å²) in [5.41, 5.74) is 10.7. The van der Waals surface area contributed by atoms with Crippen molar-refractivity contribution in [1.29, 1.82) is 0 Å². The number of carbonyl (C=O) groups excluding carboxylic acids is 1. The van der Waals surface area contributed by atoms with Gasteiger partial charge >= 0.3 is 5.97 Å². The maximum absolute atomic E-state index is 10.9. The number of anilines is 1. The Hall–Kier alpha value is -2.90. The van der Waals surface area contributed by atoms with Crippen LogP contribution in [0.3, 0.4) is 0 Å². The highest BCUT2D eigenvalue weighted by Gasteiger charge is 2.12. The number of pyridine rings is 1. The molecule has 0 aliphatic rings. The zero-order chi connectivity index (χ0) is 13.3. The number of hydrogen-bond donors (Lipinski definition) is 3. The molecule has 0 unspecified atom stereocenters. The minimum absolute atomic E-state index is 0.0496. The van der Waals surface area contributed by atoms with Gasteiger partial charge in [0.05, 0.1) is 29.2 Å². The predicted molar refractivity (Wildman–Crippen MR) is 61.2 cm³/mol. The summed E-state index contributed by atoms with van der Waals surface area (Å²) in [5, 5.41) is 12.8. The lowest BCUT2D eigenvalue weighted by Crippen LogP contribution is -2.10. The molecule has 0 radical (unpaired) electrons. The Kier molecular flexibility index (Phi) is 2.68. The molecule has 8 heteroatoms. The van der Waals surface area contributed by atoms with Crippen molar-refractivity contribution in [3.05, 3.63) is 35.8 Å². The molecule has 1 amide bonds. The highest BCUT2D eigenvalue weighted by atomic mass is 16.4. The molecule has 5 N–H and O–H groups in total. The number of carboxylic acids is 1. The van der Waals surface area contributed by atoms with Gasteiger partial charge in [0.1, 0.15) is 0 Å². The van der Waals surface area contributed by atoms with Crippen LogP contribution in [-0.4, -0.2) is 31.7 Å². The van der Waals surface area contributed by atoms with Crippen molar-refractivity contribution < 1.29 is 14.7 Å². The van der Waals surface area contributed by atoms with Gasteiger partial charge in [-0.25, -0.2) is 14.5 Å². The molecule has 92 valence electrons. The van der Waals surface area contributed by atoms with Crippen LogP contribution in [0.4, 0.5) is 5.69 Å². The lowest BCUT2D eigenvalue weighted by atomic mass is 10.2. The van der Waals surface area contributed by atoms with Crippen molar-refractivity contribution in [1.82, 2.24) is 14.8 Å². The van der Waals surface area contributed by atoms with Crippen molar-refractivity contribution in [2.24, 2.45) is 5.73 Å². The Bertz CT molecular complexity index is 634. The molecule has 2 rings (SSSR count). The summed E-state index contributed by atoms with van der Waals surface area (Å²) in [5.74, 6) is -1.57. The second kappa shape index (κ2) is 4.17. The van der Waals surface area contributed by atoms with Crippen molar-refractivity contribution in [2.75, 3.05) is 5.73 Å². The lowest BCUT2D eigenvalue weighted by Gasteiger charge is -2.04. The third kappa shape index (κ3) is 1.98. The van der Waals surface area contributed by atoms with Gasteiger partial charge < -0.3 is 16.6 Å². The Morgan fingerprint density at radius 2 is 2.06 bits per heavy atom. The van der Waals surface area contributed by atoms with Crippen LogP contribution >= 0.6 is 0 Å². The number of amides is 1. The van der Waals surface area contributed by atoms with E-state index in [1.807, 2.05) is 0 Å². The van der Waals surface area contributed by atoms with Gasteiger partial charge in [-0.05, 0) is 6.07 Å². The van der Waals surface area contributed by atoms with E-state index in [0.717, 1.165) is 0 Å². The third-order valence-corrected chi connectivity index (χ3v) is 2.25. The van der Waals surface area contributed by atoms with Gasteiger partial charge in [-0.3, -0.25) is 4.79 Å². The zero-order valence-electron chi connectivity index (χ0n) is 9.07. The molecule has 0 saturated heterocycles. The predicted octanol–water partition coefficient (Wildman–Crippen LogP) is -0.353. The third-order valence-electron chi connectivity index (χ3n) is 2.25. The van der Waals surface area contributed by atoms with Gasteiger partial charge in [0, 0.05) is 6.20 Å². The molecule has 0 atom stereocenters. The number of rotatable bonds is 3. The molecule has 0 aromatic carbocycles. The first kappa shape index (κ1) is 11.6. The maximum Gasteiger partial charge on any atom is 0.337 e. The van der Waals surface area contributed by atoms with Crippen molar-refractivity contribution in [3.63, 3.8) is 0 Å². The number of nitrogen functional groups attached to an aromatic ring is 1. The largest absolute Gasteiger partial charge is 0.478 e. The molecular formula is C10H9N5O3. The highest BCUT2D eigenvalue weighted by Crippen LogP contribution is 2.14. The number of aromatic carboxylic acids is 1. The normalized spacial score (nSPS) is 10.2. The van der Waals surface area contributed by atoms with Crippen LogP contribution in [0.2, 0.25) is 0 Å². The summed E-state index contributed by atoms with van der Waals surface area (Å²) in [7, 11) is 0. The summed E-state index contributed by atoms with van der Waals surface area (Å²) in [6.07, 6.45) is 3.83. The zero-order valence-corrected chi connectivity index (χ0v) is 9.07. The van der Waals surface area contributed by atoms with Gasteiger partial charge in [0.2, 0.25) is 0 Å². The van der Waals surface area contributed by atoms with Gasteiger partial charge in [-0.2, -0.15) is 5.10 Å². The summed E-state index contributed by atoms with van der Waals surface area (Å²) in [6, 6.07) is 1.26. The number of primary amides is 1. The molecular weight excluding hydrogens is 238 g/mol. The number of nitrogens with two attached hydrogens (primary N) is 2. The Balaban J connectivity index is 2.47. The number of nitrogens with zero attached hydrogens (tertiary/aromatic N) is 3. The van der Waals surface area contributed by atoms with E-state index in [4.69, 9.17) is 16.6 Å². The molecule has 0 spiro atoms. The van der Waals surface area contributed by atoms with Crippen LogP contribution < -0.4 is 11.5 Å². The first-order chi connectivity index (χ1) is 8.49. The van der Waals surface area contributed by atoms with E-state index in [9.17, 15) is 9.59 Å². The Morgan fingerprint density at radius 3 is 2.61 bits per heavy atom. The van der Waals surface area contributed by atoms with E-state index in [1.54, 1.807) is 0 Å². The fraction of sp³-hybridized carbons (Fsp3) is 0. The van der Waals surface area contributed by atoms with Crippen LogP contribution in [0.1, 0.15) is 20.7 Å². The molecule has 8 nitrogen and oxygen atoms in total. The monoisotopic (exact) mass is 247 g/mol. The number of hydrogen-bond acceptors (Lipinski definition) is 5. The standard InChI is InChI=1S/C10H9N5O3/c11-7-3-13-8(1-6(7)10(17)18)15-4-5(2-14-15)9(12)16/h1-4H,11H2,(H2,12,16)(H,17,18). The minimum atomic E-state index is -1.17. The molecule has 0 aliphatic carbocycles. The van der Waals surface area contributed by atoms with Crippen LogP contribution in [0.15, 0.2) is 24.7 Å². The summed E-state index contributed by atoms with van der Waals surface area (Å²) < 4.78 is 1.24. The molecule has 0 bridgehead atoms. The second-order valence-electron chi connectivity index (χ2n) is 3.47. The van der Waals surface area contributed by atoms with E-state index in [0.29, 0.717) is 0 Å². The Morgan fingerprint density at radius 1 is 1.33 bits per heavy atom. The van der Waals surface area contributed by atoms with E-state index in [1.165, 1.54) is 29.3 Å². The highest BCUT2D eigenvalue weighted by molar-refractivity contribution is 5.94. The molecule has 0 fully saturated rings. The summed E-state index contributed by atoms with van der Waals surface area (Å²) >= 11 is 0. The molecule has 0 saturated carbocycles. The van der Waals surface area contributed by atoms with Crippen LogP contribution in [0.25, 0.3) is 5.82 Å². The quantitative estimate of drug-likeness (QED) is 0.677. The Labute approximate surface area is 101 Å². The fourth-order valence-electron chi connectivity index (χ4n) is 1.34. The first-order valence-electron chi connectivity index (χ1n) is 4.82. The number of aromatic nitrogens is 3. The van der Waals surface area contributed by atoms with Gasteiger partial charge in [0.15, 0.2) is 5.82 Å². The van der Waals surface area contributed by atoms with Crippen molar-refractivity contribution in [2.45, 2.75) is 0 Å². The topological polar surface area (TPSA) is 137 Å². The number of carboxylic acid groups (broad SMARTS) is 1. The van der Waals surface area contributed by atoms with Crippen LogP contribution in [0.5, 0.6) is 0 Å². The molecule has 2 aromatic rings. The van der Waals surface area contributed by atoms with E-state index >= 15 is 0 Å². The molecule has 0 aliphatic heterocycles. The minimum Gasteiger partial charge on any atom is -0.478 e. The number of carbonyl (C=O) groups is 2. The maximum atomic E-state index is 10.9. The average Bonchev–Trinajstić information content (AvgIpc) is 2.78. The molecule has 2 heterocycles. The summed E-state index contributed by atoms with van der Waals surface area (Å²) in [4.78, 5) is 25.7. The van der Waals surface area contributed by atoms with Crippen LogP contribution in [0, 0.1) is 0 Å². The van der Waals surface area contributed by atoms with Gasteiger partial charge in [0.25, 0.3) is 5.91 Å². The van der Waals surface area contributed by atoms with Crippen molar-refractivity contribution in [3.8, 4) is 5.82 Å². The molecule has 2 aromatic heterocycles. The first-order valence-corrected chi connectivity index (χ1v) is 4.82. The van der Waals surface area contributed by atoms with Crippen molar-refractivity contribution >= 4 is 17.6 Å². The average molecular weight is 247 g/mol. The van der Waals surface area contributed by atoms with E-state index in [-0.39, 0.29) is 22.6 Å². The van der Waals surface area contributed by atoms with E-state index in [2.05, 4.69) is 10.1 Å². The molecule has 18 heavy (non-hydrogen) atoms. The summed E-state index contributed by atoms with van der Waals surface area (Å²) in [6.45, 7) is 0. The SMILES string of the molecule is NC(=O)c1cnn(-c2cc(C(=O)O)c(N)cn2)c1. The fourth-order valence-corrected chi connectivity index (χ4v) is 1.34. The lowest BCUT2D eigenvalue weighted by molar-refractivity contribution is 0.0697. The second-order valence-corrected chi connectivity index (χ2v) is 3.47. The van der Waals surface area contributed by atoms with Gasteiger partial charge in [-0.15, -0.1) is 0 Å². The van der Waals surface area contributed by atoms with Gasteiger partial charge in [-0.1, -0.05) is 0 Å². The van der Waals surface area contributed by atoms with Crippen LogP contribution in [-0.2, 0) is 0 Å².